The second kappa shape index (κ2) is 4.14. The summed E-state index contributed by atoms with van der Waals surface area (Å²) in [4.78, 5) is 16.9. The van der Waals surface area contributed by atoms with Crippen LogP contribution in [-0.4, -0.2) is 29.3 Å². The number of aromatic nitrogens is 1. The standard InChI is InChI=1S/C11H15NO3S/c1-7-8(2)16-9(12-7)5-11(10(13)14)3-4-15-6-11/h3-6H2,1-2H3,(H,13,14). The van der Waals surface area contributed by atoms with Gasteiger partial charge in [-0.25, -0.2) is 4.98 Å². The molecule has 1 atom stereocenters. The largest absolute Gasteiger partial charge is 0.481 e. The topological polar surface area (TPSA) is 59.4 Å². The maximum Gasteiger partial charge on any atom is 0.312 e. The summed E-state index contributed by atoms with van der Waals surface area (Å²) in [7, 11) is 0. The van der Waals surface area contributed by atoms with Crippen LogP contribution in [0.4, 0.5) is 0 Å². The summed E-state index contributed by atoms with van der Waals surface area (Å²) in [6.07, 6.45) is 1.07. The Labute approximate surface area is 98.3 Å². The molecule has 16 heavy (non-hydrogen) atoms. The number of hydrogen-bond donors (Lipinski definition) is 1. The molecular formula is C11H15NO3S. The average Bonchev–Trinajstić information content (AvgIpc) is 2.77. The molecule has 1 unspecified atom stereocenters. The van der Waals surface area contributed by atoms with Crippen molar-refractivity contribution in [3.8, 4) is 0 Å². The number of rotatable bonds is 3. The van der Waals surface area contributed by atoms with Crippen molar-refractivity contribution >= 4 is 17.3 Å². The number of carboxylic acids is 1. The van der Waals surface area contributed by atoms with Crippen molar-refractivity contribution in [1.82, 2.24) is 4.98 Å². The monoisotopic (exact) mass is 241 g/mol. The lowest BCUT2D eigenvalue weighted by Gasteiger charge is -2.20. The number of ether oxygens (including phenoxy) is 1. The number of carboxylic acid groups (broad SMARTS) is 1. The molecule has 0 bridgehead atoms. The summed E-state index contributed by atoms with van der Waals surface area (Å²) in [5.74, 6) is -0.768. The zero-order valence-corrected chi connectivity index (χ0v) is 10.3. The third-order valence-electron chi connectivity index (χ3n) is 3.12. The Morgan fingerprint density at radius 2 is 2.38 bits per heavy atom. The van der Waals surface area contributed by atoms with Crippen molar-refractivity contribution < 1.29 is 14.6 Å². The second-order valence-electron chi connectivity index (χ2n) is 4.31. The first kappa shape index (κ1) is 11.5. The molecule has 5 heteroatoms. The van der Waals surface area contributed by atoms with Crippen LogP contribution >= 0.6 is 11.3 Å². The number of aryl methyl sites for hydroxylation is 2. The summed E-state index contributed by atoms with van der Waals surface area (Å²) in [6, 6.07) is 0. The van der Waals surface area contributed by atoms with E-state index in [1.165, 1.54) is 0 Å². The van der Waals surface area contributed by atoms with Crippen LogP contribution in [0.2, 0.25) is 0 Å². The Morgan fingerprint density at radius 1 is 1.62 bits per heavy atom. The number of nitrogens with zero attached hydrogens (tertiary/aromatic N) is 1. The minimum Gasteiger partial charge on any atom is -0.481 e. The van der Waals surface area contributed by atoms with Gasteiger partial charge in [-0.2, -0.15) is 0 Å². The molecule has 4 nitrogen and oxygen atoms in total. The zero-order chi connectivity index (χ0) is 11.8. The Morgan fingerprint density at radius 3 is 2.81 bits per heavy atom. The van der Waals surface area contributed by atoms with Gasteiger partial charge in [0, 0.05) is 17.9 Å². The highest BCUT2D eigenvalue weighted by Crippen LogP contribution is 2.34. The fraction of sp³-hybridized carbons (Fsp3) is 0.636. The zero-order valence-electron chi connectivity index (χ0n) is 9.45. The Kier molecular flexibility index (Phi) is 2.99. The molecule has 1 saturated heterocycles. The van der Waals surface area contributed by atoms with Gasteiger partial charge in [0.05, 0.1) is 22.7 Å². The van der Waals surface area contributed by atoms with Crippen LogP contribution < -0.4 is 0 Å². The van der Waals surface area contributed by atoms with E-state index < -0.39 is 11.4 Å². The molecule has 0 radical (unpaired) electrons. The minimum absolute atomic E-state index is 0.306. The predicted octanol–water partition coefficient (Wildman–Crippen LogP) is 1.79. The van der Waals surface area contributed by atoms with E-state index in [0.717, 1.165) is 15.6 Å². The van der Waals surface area contributed by atoms with Gasteiger partial charge < -0.3 is 9.84 Å². The van der Waals surface area contributed by atoms with Crippen molar-refractivity contribution in [1.29, 1.82) is 0 Å². The molecule has 1 N–H and O–H groups in total. The van der Waals surface area contributed by atoms with E-state index in [-0.39, 0.29) is 0 Å². The molecule has 2 heterocycles. The van der Waals surface area contributed by atoms with Crippen LogP contribution in [0.1, 0.15) is 22.0 Å². The van der Waals surface area contributed by atoms with E-state index in [9.17, 15) is 9.90 Å². The van der Waals surface area contributed by atoms with Crippen LogP contribution in [0, 0.1) is 19.3 Å². The van der Waals surface area contributed by atoms with Gasteiger partial charge in [0.2, 0.25) is 0 Å². The van der Waals surface area contributed by atoms with Crippen molar-refractivity contribution in [2.75, 3.05) is 13.2 Å². The normalized spacial score (nSPS) is 24.9. The molecule has 1 aliphatic rings. The summed E-state index contributed by atoms with van der Waals surface area (Å²) in [5, 5.41) is 10.2. The molecule has 88 valence electrons. The highest BCUT2D eigenvalue weighted by Gasteiger charge is 2.43. The quantitative estimate of drug-likeness (QED) is 0.876. The fourth-order valence-corrected chi connectivity index (χ4v) is 2.97. The van der Waals surface area contributed by atoms with Crippen LogP contribution in [0.3, 0.4) is 0 Å². The predicted molar refractivity (Wildman–Crippen MR) is 60.8 cm³/mol. The van der Waals surface area contributed by atoms with Gasteiger partial charge >= 0.3 is 5.97 Å². The molecular weight excluding hydrogens is 226 g/mol. The number of carbonyl (C=O) groups is 1. The minimum atomic E-state index is -0.768. The van der Waals surface area contributed by atoms with Gasteiger partial charge in [0.15, 0.2) is 0 Å². The van der Waals surface area contributed by atoms with Gasteiger partial charge in [0.25, 0.3) is 0 Å². The highest BCUT2D eigenvalue weighted by molar-refractivity contribution is 7.11. The maximum atomic E-state index is 11.3. The Hall–Kier alpha value is -0.940. The fourth-order valence-electron chi connectivity index (χ4n) is 1.90. The molecule has 1 aromatic heterocycles. The van der Waals surface area contributed by atoms with Gasteiger partial charge in [-0.05, 0) is 20.3 Å². The highest BCUT2D eigenvalue weighted by atomic mass is 32.1. The molecule has 1 aliphatic heterocycles. The van der Waals surface area contributed by atoms with Gasteiger partial charge in [0.1, 0.15) is 0 Å². The molecule has 0 aromatic carbocycles. The molecule has 2 rings (SSSR count). The Balaban J connectivity index is 2.21. The van der Waals surface area contributed by atoms with Crippen LogP contribution in [0.5, 0.6) is 0 Å². The van der Waals surface area contributed by atoms with E-state index in [4.69, 9.17) is 4.74 Å². The average molecular weight is 241 g/mol. The van der Waals surface area contributed by atoms with E-state index in [2.05, 4.69) is 4.98 Å². The number of thiazole rings is 1. The lowest BCUT2D eigenvalue weighted by Crippen LogP contribution is -2.33. The summed E-state index contributed by atoms with van der Waals surface area (Å²) < 4.78 is 5.23. The lowest BCUT2D eigenvalue weighted by atomic mass is 9.84. The third-order valence-corrected chi connectivity index (χ3v) is 4.19. The van der Waals surface area contributed by atoms with E-state index in [0.29, 0.717) is 26.1 Å². The lowest BCUT2D eigenvalue weighted by molar-refractivity contribution is -0.148. The van der Waals surface area contributed by atoms with Crippen LogP contribution in [0.15, 0.2) is 0 Å². The molecule has 1 fully saturated rings. The van der Waals surface area contributed by atoms with Crippen molar-refractivity contribution in [2.45, 2.75) is 26.7 Å². The maximum absolute atomic E-state index is 11.3. The summed E-state index contributed by atoms with van der Waals surface area (Å²) in [5.41, 5.74) is 0.246. The molecule has 0 amide bonds. The number of hydrogen-bond acceptors (Lipinski definition) is 4. The van der Waals surface area contributed by atoms with Crippen molar-refractivity contribution in [3.05, 3.63) is 15.6 Å². The second-order valence-corrected chi connectivity index (χ2v) is 5.60. The third kappa shape index (κ3) is 1.97. The first-order chi connectivity index (χ1) is 7.53. The molecule has 1 aromatic rings. The van der Waals surface area contributed by atoms with Crippen molar-refractivity contribution in [3.63, 3.8) is 0 Å². The van der Waals surface area contributed by atoms with Crippen LogP contribution in [-0.2, 0) is 16.0 Å². The van der Waals surface area contributed by atoms with E-state index in [1.807, 2.05) is 13.8 Å². The smallest absolute Gasteiger partial charge is 0.312 e. The van der Waals surface area contributed by atoms with Crippen molar-refractivity contribution in [2.24, 2.45) is 5.41 Å². The Bertz CT molecular complexity index is 388. The van der Waals surface area contributed by atoms with Crippen LogP contribution in [0.25, 0.3) is 0 Å². The SMILES string of the molecule is Cc1nc(CC2(C(=O)O)CCOC2)sc1C. The van der Waals surface area contributed by atoms with E-state index in [1.54, 1.807) is 11.3 Å². The molecule has 0 spiro atoms. The first-order valence-electron chi connectivity index (χ1n) is 5.27. The summed E-state index contributed by atoms with van der Waals surface area (Å²) in [6.45, 7) is 4.80. The molecule has 0 aliphatic carbocycles. The summed E-state index contributed by atoms with van der Waals surface area (Å²) >= 11 is 1.59. The van der Waals surface area contributed by atoms with Gasteiger partial charge in [-0.1, -0.05) is 0 Å². The van der Waals surface area contributed by atoms with Gasteiger partial charge in [-0.3, -0.25) is 4.79 Å². The first-order valence-corrected chi connectivity index (χ1v) is 6.09. The molecule has 0 saturated carbocycles. The van der Waals surface area contributed by atoms with E-state index >= 15 is 0 Å². The number of aliphatic carboxylic acids is 1. The van der Waals surface area contributed by atoms with Gasteiger partial charge in [-0.15, -0.1) is 11.3 Å².